The van der Waals surface area contributed by atoms with Gasteiger partial charge in [0.1, 0.15) is 48.8 Å². The lowest BCUT2D eigenvalue weighted by Crippen LogP contribution is -2.63. The van der Waals surface area contributed by atoms with E-state index in [4.69, 9.17) is 24.4 Å². The molecule has 2 fully saturated rings. The molecule has 0 aromatic carbocycles. The van der Waals surface area contributed by atoms with Crippen molar-refractivity contribution < 1.29 is 55.1 Å². The second kappa shape index (κ2) is 7.63. The molecule has 23 heavy (non-hydrogen) atoms. The van der Waals surface area contributed by atoms with Gasteiger partial charge >= 0.3 is 0 Å². The van der Waals surface area contributed by atoms with Crippen LogP contribution in [0.3, 0.4) is 0 Å². The van der Waals surface area contributed by atoms with Gasteiger partial charge in [-0.25, -0.2) is 0 Å². The fourth-order valence-corrected chi connectivity index (χ4v) is 2.49. The van der Waals surface area contributed by atoms with E-state index >= 15 is 0 Å². The molecular formula is C12H22O11. The van der Waals surface area contributed by atoms with Crippen molar-refractivity contribution in [3.8, 4) is 0 Å². The highest BCUT2D eigenvalue weighted by molar-refractivity contribution is 4.92. The molecule has 11 heteroatoms. The van der Waals surface area contributed by atoms with E-state index in [1.165, 1.54) is 0 Å². The smallest absolute Gasteiger partial charge is 0.189 e. The van der Waals surface area contributed by atoms with E-state index in [-0.39, 0.29) is 0 Å². The standard InChI is InChI=1S/C12H22O11/c13-1-3-5(15)7(17)9(19)11(21-3)23-12-10(20)8(18)6(16)4(2-14)22-12/h3-20H,1-2H2/t3-,4-,5-,6-,7+,8+,9-,10-,11?,12?/m0/s1. The molecular weight excluding hydrogens is 320 g/mol. The number of hydrogen-bond donors (Lipinski definition) is 8. The molecule has 0 aromatic heterocycles. The van der Waals surface area contributed by atoms with Gasteiger partial charge in [-0.2, -0.15) is 0 Å². The first-order valence-corrected chi connectivity index (χ1v) is 7.08. The molecule has 2 aliphatic heterocycles. The molecule has 0 bridgehead atoms. The molecule has 136 valence electrons. The fourth-order valence-electron chi connectivity index (χ4n) is 2.49. The number of hydrogen-bond acceptors (Lipinski definition) is 11. The predicted octanol–water partition coefficient (Wildman–Crippen LogP) is -5.40. The molecule has 0 saturated carbocycles. The molecule has 0 aromatic rings. The lowest BCUT2D eigenvalue weighted by atomic mass is 9.98. The van der Waals surface area contributed by atoms with Gasteiger partial charge in [0.15, 0.2) is 12.6 Å². The Morgan fingerprint density at radius 1 is 0.565 bits per heavy atom. The van der Waals surface area contributed by atoms with Crippen molar-refractivity contribution in [3.05, 3.63) is 0 Å². The molecule has 0 radical (unpaired) electrons. The van der Waals surface area contributed by atoms with Gasteiger partial charge in [-0.05, 0) is 0 Å². The Morgan fingerprint density at radius 3 is 1.22 bits per heavy atom. The third-order valence-electron chi connectivity index (χ3n) is 3.97. The minimum atomic E-state index is -1.72. The molecule has 0 amide bonds. The maximum atomic E-state index is 9.84. The van der Waals surface area contributed by atoms with Gasteiger partial charge in [-0.3, -0.25) is 0 Å². The van der Waals surface area contributed by atoms with Crippen LogP contribution in [0.5, 0.6) is 0 Å². The monoisotopic (exact) mass is 342 g/mol. The Balaban J connectivity index is 2.07. The highest BCUT2D eigenvalue weighted by atomic mass is 16.8. The zero-order valence-corrected chi connectivity index (χ0v) is 12.0. The van der Waals surface area contributed by atoms with Crippen LogP contribution in [0.2, 0.25) is 0 Å². The molecule has 2 unspecified atom stereocenters. The van der Waals surface area contributed by atoms with Gasteiger partial charge in [-0.1, -0.05) is 0 Å². The molecule has 2 rings (SSSR count). The third-order valence-corrected chi connectivity index (χ3v) is 3.97. The first-order valence-electron chi connectivity index (χ1n) is 7.08. The topological polar surface area (TPSA) is 190 Å². The van der Waals surface area contributed by atoms with E-state index in [1.807, 2.05) is 0 Å². The molecule has 0 aliphatic carbocycles. The van der Waals surface area contributed by atoms with Crippen molar-refractivity contribution >= 4 is 0 Å². The van der Waals surface area contributed by atoms with Gasteiger partial charge in [0, 0.05) is 0 Å². The fraction of sp³-hybridized carbons (Fsp3) is 1.00. The molecule has 11 nitrogen and oxygen atoms in total. The van der Waals surface area contributed by atoms with Gasteiger partial charge in [0.2, 0.25) is 0 Å². The largest absolute Gasteiger partial charge is 0.394 e. The van der Waals surface area contributed by atoms with Crippen molar-refractivity contribution in [1.29, 1.82) is 0 Å². The van der Waals surface area contributed by atoms with E-state index in [1.54, 1.807) is 0 Å². The molecule has 2 saturated heterocycles. The van der Waals surface area contributed by atoms with Gasteiger partial charge in [0.25, 0.3) is 0 Å². The molecule has 0 spiro atoms. The number of aliphatic hydroxyl groups excluding tert-OH is 8. The van der Waals surface area contributed by atoms with Gasteiger partial charge < -0.3 is 55.1 Å². The second-order valence-electron chi connectivity index (χ2n) is 5.53. The van der Waals surface area contributed by atoms with Gasteiger partial charge in [0.05, 0.1) is 13.2 Å². The SMILES string of the molecule is OC[C@@H]1OC(OC2O[C@@H](CO)[C@H](O)[C@@H](O)[C@@H]2O)[C@@H](O)[C@H](O)[C@H]1O. The number of aliphatic hydroxyl groups is 8. The average molecular weight is 342 g/mol. The quantitative estimate of drug-likeness (QED) is 0.243. The molecule has 2 heterocycles. The van der Waals surface area contributed by atoms with E-state index < -0.39 is 74.6 Å². The summed E-state index contributed by atoms with van der Waals surface area (Å²) in [6.45, 7) is -1.33. The first-order chi connectivity index (χ1) is 10.8. The third kappa shape index (κ3) is 3.65. The van der Waals surface area contributed by atoms with E-state index in [0.29, 0.717) is 0 Å². The summed E-state index contributed by atoms with van der Waals surface area (Å²) in [4.78, 5) is 0. The minimum absolute atomic E-state index is 0.667. The van der Waals surface area contributed by atoms with Crippen LogP contribution in [0.25, 0.3) is 0 Å². The normalized spacial score (nSPS) is 51.7. The summed E-state index contributed by atoms with van der Waals surface area (Å²) in [6, 6.07) is 0. The second-order valence-corrected chi connectivity index (χ2v) is 5.53. The van der Waals surface area contributed by atoms with Crippen LogP contribution in [0, 0.1) is 0 Å². The summed E-state index contributed by atoms with van der Waals surface area (Å²) in [5, 5.41) is 76.4. The van der Waals surface area contributed by atoms with Crippen LogP contribution >= 0.6 is 0 Å². The zero-order chi connectivity index (χ0) is 17.3. The molecule has 8 N–H and O–H groups in total. The Hall–Kier alpha value is -0.440. The van der Waals surface area contributed by atoms with Crippen molar-refractivity contribution in [2.24, 2.45) is 0 Å². The predicted molar refractivity (Wildman–Crippen MR) is 68.6 cm³/mol. The van der Waals surface area contributed by atoms with Crippen molar-refractivity contribution in [2.45, 2.75) is 61.4 Å². The van der Waals surface area contributed by atoms with Gasteiger partial charge in [-0.15, -0.1) is 0 Å². The van der Waals surface area contributed by atoms with Crippen LogP contribution in [0.4, 0.5) is 0 Å². The Morgan fingerprint density at radius 2 is 0.913 bits per heavy atom. The first kappa shape index (κ1) is 18.9. The summed E-state index contributed by atoms with van der Waals surface area (Å²) in [6.07, 6.45) is -15.6. The van der Waals surface area contributed by atoms with E-state index in [0.717, 1.165) is 0 Å². The van der Waals surface area contributed by atoms with Crippen LogP contribution in [-0.2, 0) is 14.2 Å². The maximum absolute atomic E-state index is 9.84. The highest BCUT2D eigenvalue weighted by Crippen LogP contribution is 2.27. The maximum Gasteiger partial charge on any atom is 0.189 e. The average Bonchev–Trinajstić information content (AvgIpc) is 2.55. The molecule has 2 aliphatic rings. The molecule has 10 atom stereocenters. The lowest BCUT2D eigenvalue weighted by molar-refractivity contribution is -0.376. The Bertz CT molecular complexity index is 344. The summed E-state index contributed by atoms with van der Waals surface area (Å²) in [5.41, 5.74) is 0. The van der Waals surface area contributed by atoms with Crippen LogP contribution in [0.15, 0.2) is 0 Å². The van der Waals surface area contributed by atoms with Crippen LogP contribution < -0.4 is 0 Å². The van der Waals surface area contributed by atoms with Crippen molar-refractivity contribution in [3.63, 3.8) is 0 Å². The van der Waals surface area contributed by atoms with Crippen LogP contribution in [0.1, 0.15) is 0 Å². The van der Waals surface area contributed by atoms with Crippen LogP contribution in [-0.4, -0.2) is 115 Å². The summed E-state index contributed by atoms with van der Waals surface area (Å²) >= 11 is 0. The van der Waals surface area contributed by atoms with Crippen molar-refractivity contribution in [2.75, 3.05) is 13.2 Å². The zero-order valence-electron chi connectivity index (χ0n) is 12.0. The number of rotatable bonds is 4. The van der Waals surface area contributed by atoms with E-state index in [9.17, 15) is 30.6 Å². The summed E-state index contributed by atoms with van der Waals surface area (Å²) < 4.78 is 15.3. The lowest BCUT2D eigenvalue weighted by Gasteiger charge is -2.44. The Labute approximate surface area is 130 Å². The van der Waals surface area contributed by atoms with E-state index in [2.05, 4.69) is 0 Å². The summed E-state index contributed by atoms with van der Waals surface area (Å²) in [5.74, 6) is 0. The highest BCUT2D eigenvalue weighted by Gasteiger charge is 2.49. The Kier molecular flexibility index (Phi) is 6.27. The minimum Gasteiger partial charge on any atom is -0.394 e. The summed E-state index contributed by atoms with van der Waals surface area (Å²) in [7, 11) is 0. The van der Waals surface area contributed by atoms with Crippen molar-refractivity contribution in [1.82, 2.24) is 0 Å². The number of ether oxygens (including phenoxy) is 3.